The molecular weight excluding hydrogens is 244 g/mol. The van der Waals surface area contributed by atoms with Crippen molar-refractivity contribution in [3.8, 4) is 5.88 Å². The highest BCUT2D eigenvalue weighted by atomic mass is 16.5. The minimum atomic E-state index is 0.152. The van der Waals surface area contributed by atoms with E-state index in [0.29, 0.717) is 23.7 Å². The summed E-state index contributed by atoms with van der Waals surface area (Å²) in [5, 5.41) is 10.3. The van der Waals surface area contributed by atoms with Crippen molar-refractivity contribution >= 4 is 17.1 Å². The number of nitrogen functional groups attached to an aromatic ring is 1. The van der Waals surface area contributed by atoms with Crippen LogP contribution in [-0.4, -0.2) is 32.0 Å². The van der Waals surface area contributed by atoms with Crippen molar-refractivity contribution < 1.29 is 4.74 Å². The molecule has 2 rings (SSSR count). The summed E-state index contributed by atoms with van der Waals surface area (Å²) >= 11 is 0. The number of H-pyrrole nitrogens is 1. The lowest BCUT2D eigenvalue weighted by Crippen LogP contribution is -2.03. The topological polar surface area (TPSA) is 103 Å². The maximum Gasteiger partial charge on any atom is 0.249 e. The minimum Gasteiger partial charge on any atom is -0.476 e. The number of nitrogens with two attached hydrogens (primary N) is 1. The van der Waals surface area contributed by atoms with E-state index in [1.54, 1.807) is 0 Å². The molecule has 0 aliphatic rings. The molecule has 0 saturated heterocycles. The van der Waals surface area contributed by atoms with Crippen LogP contribution in [0.3, 0.4) is 0 Å². The molecule has 104 valence electrons. The summed E-state index contributed by atoms with van der Waals surface area (Å²) in [5.41, 5.74) is 6.55. The first-order valence-corrected chi connectivity index (χ1v) is 6.78. The molecule has 0 fully saturated rings. The molecule has 0 atom stereocenters. The zero-order chi connectivity index (χ0) is 13.5. The summed E-state index contributed by atoms with van der Waals surface area (Å²) in [6, 6.07) is 0. The van der Waals surface area contributed by atoms with E-state index in [1.165, 1.54) is 32.1 Å². The second kappa shape index (κ2) is 6.86. The summed E-state index contributed by atoms with van der Waals surface area (Å²) in [6.07, 6.45) is 7.30. The van der Waals surface area contributed by atoms with Gasteiger partial charge in [-0.2, -0.15) is 15.2 Å². The van der Waals surface area contributed by atoms with Gasteiger partial charge in [0.25, 0.3) is 0 Å². The van der Waals surface area contributed by atoms with Crippen LogP contribution in [0.15, 0.2) is 0 Å². The molecule has 0 amide bonds. The summed E-state index contributed by atoms with van der Waals surface area (Å²) in [4.78, 5) is 8.00. The fourth-order valence-electron chi connectivity index (χ4n) is 1.89. The van der Waals surface area contributed by atoms with Gasteiger partial charge in [0.1, 0.15) is 0 Å². The molecule has 0 unspecified atom stereocenters. The Balaban J connectivity index is 1.79. The zero-order valence-electron chi connectivity index (χ0n) is 11.2. The van der Waals surface area contributed by atoms with Crippen LogP contribution in [0.4, 0.5) is 5.95 Å². The first-order valence-electron chi connectivity index (χ1n) is 6.78. The van der Waals surface area contributed by atoms with Gasteiger partial charge in [-0.25, -0.2) is 0 Å². The molecule has 7 heteroatoms. The van der Waals surface area contributed by atoms with Gasteiger partial charge in [0.05, 0.1) is 6.61 Å². The summed E-state index contributed by atoms with van der Waals surface area (Å²) < 4.78 is 5.61. The van der Waals surface area contributed by atoms with Crippen molar-refractivity contribution in [3.63, 3.8) is 0 Å². The van der Waals surface area contributed by atoms with E-state index in [2.05, 4.69) is 32.3 Å². The van der Waals surface area contributed by atoms with Gasteiger partial charge in [-0.15, -0.1) is 10.2 Å². The summed E-state index contributed by atoms with van der Waals surface area (Å²) in [5.74, 6) is 0.559. The van der Waals surface area contributed by atoms with Crippen molar-refractivity contribution in [3.05, 3.63) is 0 Å². The van der Waals surface area contributed by atoms with Gasteiger partial charge >= 0.3 is 0 Å². The van der Waals surface area contributed by atoms with Gasteiger partial charge in [-0.3, -0.25) is 0 Å². The number of hydrogen-bond acceptors (Lipinski definition) is 6. The highest BCUT2D eigenvalue weighted by molar-refractivity contribution is 5.75. The van der Waals surface area contributed by atoms with Crippen molar-refractivity contribution in [2.75, 3.05) is 12.3 Å². The minimum absolute atomic E-state index is 0.152. The SMILES string of the molecule is CCCCCCCCOc1nc(N)nc2n[nH]nc12. The number of fused-ring (bicyclic) bond motifs is 1. The molecule has 0 saturated carbocycles. The van der Waals surface area contributed by atoms with Crippen LogP contribution in [-0.2, 0) is 0 Å². The molecular formula is C12H20N6O. The van der Waals surface area contributed by atoms with E-state index in [4.69, 9.17) is 10.5 Å². The standard InChI is InChI=1S/C12H20N6O/c1-2-3-4-5-6-7-8-19-11-9-10(17-18-16-9)14-12(13)15-11/h2-8H2,1H3,(H3,13,14,15,16,17,18). The second-order valence-corrected chi connectivity index (χ2v) is 4.50. The first kappa shape index (κ1) is 13.5. The van der Waals surface area contributed by atoms with E-state index in [-0.39, 0.29) is 5.95 Å². The van der Waals surface area contributed by atoms with Crippen molar-refractivity contribution in [2.45, 2.75) is 45.4 Å². The maximum absolute atomic E-state index is 5.61. The smallest absolute Gasteiger partial charge is 0.249 e. The number of nitrogens with zero attached hydrogens (tertiary/aromatic N) is 4. The third-order valence-corrected chi connectivity index (χ3v) is 2.91. The molecule has 0 aliphatic heterocycles. The number of anilines is 1. The number of hydrogen-bond donors (Lipinski definition) is 2. The molecule has 0 spiro atoms. The van der Waals surface area contributed by atoms with Crippen LogP contribution in [0.2, 0.25) is 0 Å². The zero-order valence-corrected chi connectivity index (χ0v) is 11.2. The number of ether oxygens (including phenoxy) is 1. The Hall–Kier alpha value is -1.92. The molecule has 0 aromatic carbocycles. The van der Waals surface area contributed by atoms with E-state index in [1.807, 2.05) is 0 Å². The third-order valence-electron chi connectivity index (χ3n) is 2.91. The predicted octanol–water partition coefficient (Wildman–Crippen LogP) is 2.07. The highest BCUT2D eigenvalue weighted by Crippen LogP contribution is 2.19. The van der Waals surface area contributed by atoms with Crippen molar-refractivity contribution in [1.29, 1.82) is 0 Å². The average Bonchev–Trinajstić information content (AvgIpc) is 2.85. The molecule has 2 heterocycles. The van der Waals surface area contributed by atoms with Crippen LogP contribution in [0.25, 0.3) is 11.2 Å². The average molecular weight is 264 g/mol. The lowest BCUT2D eigenvalue weighted by atomic mass is 10.1. The fourth-order valence-corrected chi connectivity index (χ4v) is 1.89. The maximum atomic E-state index is 5.61. The highest BCUT2D eigenvalue weighted by Gasteiger charge is 2.10. The Morgan fingerprint density at radius 2 is 1.84 bits per heavy atom. The van der Waals surface area contributed by atoms with Gasteiger partial charge in [-0.05, 0) is 6.42 Å². The quantitative estimate of drug-likeness (QED) is 0.707. The Labute approximate surface area is 112 Å². The van der Waals surface area contributed by atoms with Crippen molar-refractivity contribution in [2.24, 2.45) is 0 Å². The van der Waals surface area contributed by atoms with E-state index >= 15 is 0 Å². The molecule has 7 nitrogen and oxygen atoms in total. The monoisotopic (exact) mass is 264 g/mol. The third kappa shape index (κ3) is 3.77. The normalized spacial score (nSPS) is 11.0. The lowest BCUT2D eigenvalue weighted by Gasteiger charge is -2.05. The summed E-state index contributed by atoms with van der Waals surface area (Å²) in [7, 11) is 0. The molecule has 2 aromatic rings. The molecule has 19 heavy (non-hydrogen) atoms. The number of nitrogens with one attached hydrogen (secondary N) is 1. The fraction of sp³-hybridized carbons (Fsp3) is 0.667. The van der Waals surface area contributed by atoms with E-state index in [0.717, 1.165) is 6.42 Å². The second-order valence-electron chi connectivity index (χ2n) is 4.50. The molecule has 3 N–H and O–H groups in total. The Bertz CT molecular complexity index is 512. The molecule has 0 aliphatic carbocycles. The predicted molar refractivity (Wildman–Crippen MR) is 72.8 cm³/mol. The Morgan fingerprint density at radius 1 is 1.05 bits per heavy atom. The molecule has 2 aromatic heterocycles. The molecule has 0 bridgehead atoms. The van der Waals surface area contributed by atoms with Crippen LogP contribution >= 0.6 is 0 Å². The Morgan fingerprint density at radius 3 is 2.68 bits per heavy atom. The number of aromatic amines is 1. The molecule has 0 radical (unpaired) electrons. The van der Waals surface area contributed by atoms with Gasteiger partial charge in [0, 0.05) is 0 Å². The number of unbranched alkanes of at least 4 members (excludes halogenated alkanes) is 5. The van der Waals surface area contributed by atoms with Crippen LogP contribution in [0, 0.1) is 0 Å². The summed E-state index contributed by atoms with van der Waals surface area (Å²) in [6.45, 7) is 2.83. The largest absolute Gasteiger partial charge is 0.476 e. The number of rotatable bonds is 8. The van der Waals surface area contributed by atoms with Crippen LogP contribution in [0.5, 0.6) is 5.88 Å². The Kier molecular flexibility index (Phi) is 4.88. The van der Waals surface area contributed by atoms with Gasteiger partial charge < -0.3 is 10.5 Å². The van der Waals surface area contributed by atoms with Crippen LogP contribution in [0.1, 0.15) is 45.4 Å². The van der Waals surface area contributed by atoms with Crippen molar-refractivity contribution in [1.82, 2.24) is 25.4 Å². The van der Waals surface area contributed by atoms with Crippen LogP contribution < -0.4 is 10.5 Å². The lowest BCUT2D eigenvalue weighted by molar-refractivity contribution is 0.296. The van der Waals surface area contributed by atoms with Gasteiger partial charge in [0.2, 0.25) is 17.5 Å². The van der Waals surface area contributed by atoms with E-state index in [9.17, 15) is 0 Å². The number of aromatic nitrogens is 5. The van der Waals surface area contributed by atoms with Gasteiger partial charge in [0.15, 0.2) is 5.52 Å². The van der Waals surface area contributed by atoms with E-state index < -0.39 is 0 Å². The first-order chi connectivity index (χ1) is 9.31. The van der Waals surface area contributed by atoms with Gasteiger partial charge in [-0.1, -0.05) is 39.0 Å².